The Labute approximate surface area is 162 Å². The van der Waals surface area contributed by atoms with Gasteiger partial charge in [0, 0.05) is 27.9 Å². The van der Waals surface area contributed by atoms with Gasteiger partial charge < -0.3 is 11.5 Å². The summed E-state index contributed by atoms with van der Waals surface area (Å²) in [4.78, 5) is 38.9. The molecule has 0 spiro atoms. The van der Waals surface area contributed by atoms with Gasteiger partial charge in [0.1, 0.15) is 0 Å². The molecule has 5 heteroatoms. The van der Waals surface area contributed by atoms with E-state index in [-0.39, 0.29) is 45.2 Å². The van der Waals surface area contributed by atoms with Gasteiger partial charge in [-0.15, -0.1) is 0 Å². The van der Waals surface area contributed by atoms with Gasteiger partial charge in [0.15, 0.2) is 17.3 Å². The Bertz CT molecular complexity index is 1160. The Morgan fingerprint density at radius 1 is 0.857 bits per heavy atom. The molecule has 0 aromatic heterocycles. The molecular weight excluding hydrogens is 352 g/mol. The van der Waals surface area contributed by atoms with Crippen molar-refractivity contribution in [3.05, 3.63) is 93.5 Å². The standard InChI is InChI=1S/C23H18N2O3/c1-2-12-7-9-13(10-8-12)21(26)16-11-17(24)18-19(20(16)25)23(28)15-6-4-3-5-14(15)22(18)27/h3-11H,2,24-25H2,1H3. The molecule has 3 aromatic carbocycles. The second-order valence-electron chi connectivity index (χ2n) is 6.76. The van der Waals surface area contributed by atoms with Crippen LogP contribution in [0.5, 0.6) is 0 Å². The average Bonchev–Trinajstić information content (AvgIpc) is 2.73. The normalized spacial score (nSPS) is 12.5. The van der Waals surface area contributed by atoms with Crippen molar-refractivity contribution in [1.29, 1.82) is 0 Å². The second kappa shape index (κ2) is 6.46. The van der Waals surface area contributed by atoms with Crippen LogP contribution in [0.15, 0.2) is 54.6 Å². The van der Waals surface area contributed by atoms with Crippen molar-refractivity contribution >= 4 is 28.7 Å². The van der Waals surface area contributed by atoms with E-state index in [1.165, 1.54) is 6.07 Å². The van der Waals surface area contributed by atoms with Gasteiger partial charge in [0.05, 0.1) is 16.8 Å². The van der Waals surface area contributed by atoms with Crippen molar-refractivity contribution in [3.63, 3.8) is 0 Å². The summed E-state index contributed by atoms with van der Waals surface area (Å²) in [7, 11) is 0. The topological polar surface area (TPSA) is 103 Å². The van der Waals surface area contributed by atoms with Gasteiger partial charge in [-0.25, -0.2) is 0 Å². The number of carbonyl (C=O) groups excluding carboxylic acids is 3. The molecule has 0 heterocycles. The van der Waals surface area contributed by atoms with Crippen LogP contribution in [0.4, 0.5) is 11.4 Å². The molecule has 0 fully saturated rings. The Morgan fingerprint density at radius 2 is 1.43 bits per heavy atom. The molecule has 3 aromatic rings. The number of carbonyl (C=O) groups is 3. The fourth-order valence-electron chi connectivity index (χ4n) is 3.58. The molecule has 0 unspecified atom stereocenters. The zero-order valence-electron chi connectivity index (χ0n) is 15.3. The van der Waals surface area contributed by atoms with Crippen LogP contribution in [0.2, 0.25) is 0 Å². The lowest BCUT2D eigenvalue weighted by atomic mass is 9.80. The molecule has 0 atom stereocenters. The molecule has 0 amide bonds. The maximum Gasteiger partial charge on any atom is 0.196 e. The third-order valence-corrected chi connectivity index (χ3v) is 5.14. The highest BCUT2D eigenvalue weighted by Gasteiger charge is 2.34. The number of rotatable bonds is 3. The minimum Gasteiger partial charge on any atom is -0.398 e. The first-order valence-electron chi connectivity index (χ1n) is 8.98. The van der Waals surface area contributed by atoms with E-state index in [2.05, 4.69) is 0 Å². The molecule has 4 N–H and O–H groups in total. The van der Waals surface area contributed by atoms with Crippen molar-refractivity contribution < 1.29 is 14.4 Å². The van der Waals surface area contributed by atoms with E-state index in [9.17, 15) is 14.4 Å². The second-order valence-corrected chi connectivity index (χ2v) is 6.76. The van der Waals surface area contributed by atoms with Crippen LogP contribution in [0, 0.1) is 0 Å². The molecule has 0 aliphatic heterocycles. The summed E-state index contributed by atoms with van der Waals surface area (Å²) < 4.78 is 0. The van der Waals surface area contributed by atoms with Gasteiger partial charge >= 0.3 is 0 Å². The Balaban J connectivity index is 1.89. The minimum absolute atomic E-state index is 0.0113. The summed E-state index contributed by atoms with van der Waals surface area (Å²) in [6, 6.07) is 15.1. The first-order chi connectivity index (χ1) is 13.4. The molecule has 28 heavy (non-hydrogen) atoms. The van der Waals surface area contributed by atoms with E-state index in [4.69, 9.17) is 11.5 Å². The number of aryl methyl sites for hydroxylation is 1. The van der Waals surface area contributed by atoms with Crippen LogP contribution in [-0.4, -0.2) is 17.3 Å². The summed E-state index contributed by atoms with van der Waals surface area (Å²) >= 11 is 0. The SMILES string of the molecule is CCc1ccc(C(=O)c2cc(N)c3c(c2N)C(=O)c2ccccc2C3=O)cc1. The summed E-state index contributed by atoms with van der Waals surface area (Å²) in [6.45, 7) is 2.03. The Kier molecular flexibility index (Phi) is 4.08. The van der Waals surface area contributed by atoms with E-state index < -0.39 is 5.78 Å². The van der Waals surface area contributed by atoms with E-state index in [1.807, 2.05) is 19.1 Å². The van der Waals surface area contributed by atoms with Gasteiger partial charge in [0.2, 0.25) is 0 Å². The summed E-state index contributed by atoms with van der Waals surface area (Å²) in [5.74, 6) is -1.10. The van der Waals surface area contributed by atoms with Crippen molar-refractivity contribution in [2.45, 2.75) is 13.3 Å². The molecule has 1 aliphatic rings. The number of benzene rings is 3. The quantitative estimate of drug-likeness (QED) is 0.425. The predicted molar refractivity (Wildman–Crippen MR) is 108 cm³/mol. The molecule has 0 saturated heterocycles. The fourth-order valence-corrected chi connectivity index (χ4v) is 3.58. The predicted octanol–water partition coefficient (Wildman–Crippen LogP) is 3.42. The summed E-state index contributed by atoms with van der Waals surface area (Å²) in [6.07, 6.45) is 0.860. The van der Waals surface area contributed by atoms with E-state index in [0.717, 1.165) is 12.0 Å². The number of hydrogen-bond acceptors (Lipinski definition) is 5. The van der Waals surface area contributed by atoms with Gasteiger partial charge in [-0.2, -0.15) is 0 Å². The molecule has 1 aliphatic carbocycles. The molecule has 0 saturated carbocycles. The fraction of sp³-hybridized carbons (Fsp3) is 0.0870. The van der Waals surface area contributed by atoms with Crippen LogP contribution in [0.1, 0.15) is 60.3 Å². The lowest BCUT2D eigenvalue weighted by molar-refractivity contribution is 0.0979. The van der Waals surface area contributed by atoms with Crippen molar-refractivity contribution in [1.82, 2.24) is 0 Å². The summed E-state index contributed by atoms with van der Waals surface area (Å²) in [5, 5.41) is 0. The van der Waals surface area contributed by atoms with Crippen molar-refractivity contribution in [3.8, 4) is 0 Å². The zero-order chi connectivity index (χ0) is 20.0. The third kappa shape index (κ3) is 2.52. The van der Waals surface area contributed by atoms with Crippen molar-refractivity contribution in [2.24, 2.45) is 0 Å². The summed E-state index contributed by atoms with van der Waals surface area (Å²) in [5.41, 5.74) is 14.7. The lowest BCUT2D eigenvalue weighted by Crippen LogP contribution is -2.25. The Hall–Kier alpha value is -3.73. The maximum atomic E-state index is 13.0. The third-order valence-electron chi connectivity index (χ3n) is 5.14. The number of nitrogens with two attached hydrogens (primary N) is 2. The largest absolute Gasteiger partial charge is 0.398 e. The zero-order valence-corrected chi connectivity index (χ0v) is 15.3. The molecular formula is C23H18N2O3. The van der Waals surface area contributed by atoms with Gasteiger partial charge in [0.25, 0.3) is 0 Å². The molecule has 5 nitrogen and oxygen atoms in total. The smallest absolute Gasteiger partial charge is 0.196 e. The minimum atomic E-state index is -0.398. The highest BCUT2D eigenvalue weighted by molar-refractivity contribution is 6.33. The molecule has 138 valence electrons. The van der Waals surface area contributed by atoms with Crippen LogP contribution < -0.4 is 11.5 Å². The van der Waals surface area contributed by atoms with Crippen LogP contribution in [0.3, 0.4) is 0 Å². The van der Waals surface area contributed by atoms with Crippen LogP contribution in [-0.2, 0) is 6.42 Å². The van der Waals surface area contributed by atoms with Gasteiger partial charge in [-0.05, 0) is 18.1 Å². The van der Waals surface area contributed by atoms with Crippen molar-refractivity contribution in [2.75, 3.05) is 11.5 Å². The highest BCUT2D eigenvalue weighted by Crippen LogP contribution is 2.37. The van der Waals surface area contributed by atoms with E-state index in [0.29, 0.717) is 11.1 Å². The first-order valence-corrected chi connectivity index (χ1v) is 8.98. The number of fused-ring (bicyclic) bond motifs is 2. The lowest BCUT2D eigenvalue weighted by Gasteiger charge is -2.22. The highest BCUT2D eigenvalue weighted by atomic mass is 16.1. The van der Waals surface area contributed by atoms with Crippen LogP contribution in [0.25, 0.3) is 0 Å². The van der Waals surface area contributed by atoms with E-state index >= 15 is 0 Å². The maximum absolute atomic E-state index is 13.0. The van der Waals surface area contributed by atoms with Gasteiger partial charge in [-0.1, -0.05) is 55.5 Å². The number of hydrogen-bond donors (Lipinski definition) is 2. The van der Waals surface area contributed by atoms with E-state index in [1.54, 1.807) is 36.4 Å². The monoisotopic (exact) mass is 370 g/mol. The van der Waals surface area contributed by atoms with Crippen LogP contribution >= 0.6 is 0 Å². The number of anilines is 2. The first kappa shape index (κ1) is 17.7. The Morgan fingerprint density at radius 3 is 2.00 bits per heavy atom. The molecule has 0 radical (unpaired) electrons. The molecule has 0 bridgehead atoms. The molecule has 4 rings (SSSR count). The number of ketones is 3. The average molecular weight is 370 g/mol. The van der Waals surface area contributed by atoms with Gasteiger partial charge in [-0.3, -0.25) is 14.4 Å². The number of nitrogen functional groups attached to an aromatic ring is 2.